The normalized spacial score (nSPS) is 41.6. The predicted octanol–water partition coefficient (Wildman–Crippen LogP) is 2.87. The average molecular weight is 188 g/mol. The minimum atomic E-state index is -0.723. The monoisotopic (exact) mass is 188 g/mol. The molecule has 2 unspecified atom stereocenters. The van der Waals surface area contributed by atoms with Gasteiger partial charge in [-0.05, 0) is 30.6 Å². The molecule has 2 rings (SSSR count). The summed E-state index contributed by atoms with van der Waals surface area (Å²) in [5.41, 5.74) is -0.675. The summed E-state index contributed by atoms with van der Waals surface area (Å²) in [7, 11) is 0. The highest BCUT2D eigenvalue weighted by Crippen LogP contribution is 2.72. The molecule has 0 amide bonds. The molecule has 2 bridgehead atoms. The molecular weight excluding hydrogens is 172 g/mol. The third-order valence-electron chi connectivity index (χ3n) is 5.31. The second-order valence-corrected chi connectivity index (χ2v) is 5.62. The maximum atomic E-state index is 9.26. The summed E-state index contributed by atoms with van der Waals surface area (Å²) in [4.78, 5) is 0. The van der Waals surface area contributed by atoms with Crippen LogP contribution in [0.3, 0.4) is 0 Å². The fraction of sp³-hybridized carbons (Fsp3) is 0.833. The Morgan fingerprint density at radius 2 is 1.71 bits per heavy atom. The van der Waals surface area contributed by atoms with Gasteiger partial charge in [0.1, 0.15) is 5.41 Å². The Hall–Kier alpha value is -1.02. The second-order valence-electron chi connectivity index (χ2n) is 5.62. The van der Waals surface area contributed by atoms with E-state index >= 15 is 0 Å². The van der Waals surface area contributed by atoms with Gasteiger partial charge >= 0.3 is 0 Å². The van der Waals surface area contributed by atoms with Crippen molar-refractivity contribution in [1.82, 2.24) is 0 Å². The van der Waals surface area contributed by atoms with Crippen LogP contribution in [0, 0.1) is 44.8 Å². The lowest BCUT2D eigenvalue weighted by Crippen LogP contribution is -2.39. The Labute approximate surface area is 85.5 Å². The zero-order valence-corrected chi connectivity index (χ0v) is 9.09. The molecule has 2 heteroatoms. The van der Waals surface area contributed by atoms with Gasteiger partial charge in [-0.25, -0.2) is 0 Å². The summed E-state index contributed by atoms with van der Waals surface area (Å²) in [6, 6.07) is 4.59. The summed E-state index contributed by atoms with van der Waals surface area (Å²) in [6.07, 6.45) is 3.00. The second kappa shape index (κ2) is 2.31. The number of nitrogens with zero attached hydrogens (tertiary/aromatic N) is 2. The minimum Gasteiger partial charge on any atom is -0.197 e. The van der Waals surface area contributed by atoms with E-state index in [-0.39, 0.29) is 10.8 Å². The summed E-state index contributed by atoms with van der Waals surface area (Å²) >= 11 is 0. The van der Waals surface area contributed by atoms with Gasteiger partial charge < -0.3 is 0 Å². The molecule has 0 heterocycles. The molecule has 0 aliphatic heterocycles. The highest BCUT2D eigenvalue weighted by atomic mass is 14.7. The van der Waals surface area contributed by atoms with Crippen LogP contribution in [0.15, 0.2) is 0 Å². The number of nitriles is 2. The predicted molar refractivity (Wildman–Crippen MR) is 52.9 cm³/mol. The van der Waals surface area contributed by atoms with Gasteiger partial charge in [-0.2, -0.15) is 10.5 Å². The van der Waals surface area contributed by atoms with Gasteiger partial charge in [0.15, 0.2) is 0 Å². The third kappa shape index (κ3) is 0.684. The van der Waals surface area contributed by atoms with Gasteiger partial charge in [-0.15, -0.1) is 0 Å². The summed E-state index contributed by atoms with van der Waals surface area (Å²) < 4.78 is 0. The van der Waals surface area contributed by atoms with Gasteiger partial charge in [-0.1, -0.05) is 20.8 Å². The fourth-order valence-electron chi connectivity index (χ4n) is 3.67. The van der Waals surface area contributed by atoms with E-state index in [1.165, 1.54) is 6.42 Å². The Morgan fingerprint density at radius 1 is 1.14 bits per heavy atom. The quantitative estimate of drug-likeness (QED) is 0.586. The van der Waals surface area contributed by atoms with Crippen molar-refractivity contribution in [3.05, 3.63) is 0 Å². The lowest BCUT2D eigenvalue weighted by Gasteiger charge is -2.40. The van der Waals surface area contributed by atoms with Crippen LogP contribution in [0.5, 0.6) is 0 Å². The molecule has 2 aliphatic carbocycles. The highest BCUT2D eigenvalue weighted by Gasteiger charge is 2.69. The molecule has 0 aromatic rings. The van der Waals surface area contributed by atoms with E-state index in [0.717, 1.165) is 12.8 Å². The first-order chi connectivity index (χ1) is 6.43. The molecule has 0 aromatic carbocycles. The van der Waals surface area contributed by atoms with E-state index in [9.17, 15) is 10.5 Å². The number of hydrogen-bond acceptors (Lipinski definition) is 2. The smallest absolute Gasteiger partial charge is 0.149 e. The van der Waals surface area contributed by atoms with Crippen molar-refractivity contribution in [3.63, 3.8) is 0 Å². The van der Waals surface area contributed by atoms with Gasteiger partial charge in [0.25, 0.3) is 0 Å². The van der Waals surface area contributed by atoms with Gasteiger partial charge in [0.05, 0.1) is 12.1 Å². The standard InChI is InChI=1S/C12H16N2/c1-10(2)9-4-5-11(10,3)12(6-9,7-13)8-14/h9H,4-6H2,1-3H3. The van der Waals surface area contributed by atoms with Crippen LogP contribution in [-0.4, -0.2) is 0 Å². The number of rotatable bonds is 0. The van der Waals surface area contributed by atoms with Crippen molar-refractivity contribution in [2.24, 2.45) is 22.2 Å². The number of hydrogen-bond donors (Lipinski definition) is 0. The molecule has 0 saturated heterocycles. The van der Waals surface area contributed by atoms with E-state index in [1.54, 1.807) is 0 Å². The molecule has 2 atom stereocenters. The van der Waals surface area contributed by atoms with Crippen LogP contribution in [-0.2, 0) is 0 Å². The van der Waals surface area contributed by atoms with Crippen molar-refractivity contribution >= 4 is 0 Å². The molecule has 0 N–H and O–H groups in total. The first-order valence-electron chi connectivity index (χ1n) is 5.26. The molecular formula is C12H16N2. The van der Waals surface area contributed by atoms with Crippen molar-refractivity contribution in [2.45, 2.75) is 40.0 Å². The summed E-state index contributed by atoms with van der Waals surface area (Å²) in [6.45, 7) is 6.58. The third-order valence-corrected chi connectivity index (χ3v) is 5.31. The van der Waals surface area contributed by atoms with Crippen LogP contribution < -0.4 is 0 Å². The SMILES string of the molecule is CC1(C)C2CCC1(C)C(C#N)(C#N)C2. The first kappa shape index (κ1) is 9.53. The van der Waals surface area contributed by atoms with E-state index < -0.39 is 5.41 Å². The van der Waals surface area contributed by atoms with Crippen molar-refractivity contribution in [1.29, 1.82) is 10.5 Å². The summed E-state index contributed by atoms with van der Waals surface area (Å²) in [5, 5.41) is 18.5. The Bertz CT molecular complexity index is 341. The molecule has 0 aromatic heterocycles. The van der Waals surface area contributed by atoms with Gasteiger partial charge in [0, 0.05) is 5.41 Å². The van der Waals surface area contributed by atoms with E-state index in [2.05, 4.69) is 32.9 Å². The lowest BCUT2D eigenvalue weighted by atomic mass is 9.60. The van der Waals surface area contributed by atoms with Crippen LogP contribution in [0.1, 0.15) is 40.0 Å². The Morgan fingerprint density at radius 3 is 1.93 bits per heavy atom. The molecule has 0 spiro atoms. The van der Waals surface area contributed by atoms with Gasteiger partial charge in [-0.3, -0.25) is 0 Å². The topological polar surface area (TPSA) is 47.6 Å². The highest BCUT2D eigenvalue weighted by molar-refractivity contribution is 5.31. The molecule has 2 fully saturated rings. The molecule has 2 saturated carbocycles. The lowest BCUT2D eigenvalue weighted by molar-refractivity contribution is 0.0926. The van der Waals surface area contributed by atoms with E-state index in [0.29, 0.717) is 5.92 Å². The maximum Gasteiger partial charge on any atom is 0.149 e. The average Bonchev–Trinajstić information content (AvgIpc) is 2.48. The Balaban J connectivity index is 2.58. The van der Waals surface area contributed by atoms with Crippen LogP contribution in [0.25, 0.3) is 0 Å². The van der Waals surface area contributed by atoms with Crippen LogP contribution >= 0.6 is 0 Å². The summed E-state index contributed by atoms with van der Waals surface area (Å²) in [5.74, 6) is 0.562. The largest absolute Gasteiger partial charge is 0.197 e. The zero-order valence-electron chi connectivity index (χ0n) is 9.09. The van der Waals surface area contributed by atoms with Crippen LogP contribution in [0.4, 0.5) is 0 Å². The van der Waals surface area contributed by atoms with Crippen LogP contribution in [0.2, 0.25) is 0 Å². The molecule has 0 radical (unpaired) electrons. The fourth-order valence-corrected chi connectivity index (χ4v) is 3.67. The zero-order chi connectivity index (χ0) is 10.6. The minimum absolute atomic E-state index is 0.103. The molecule has 14 heavy (non-hydrogen) atoms. The van der Waals surface area contributed by atoms with Crippen molar-refractivity contribution in [3.8, 4) is 12.1 Å². The maximum absolute atomic E-state index is 9.26. The molecule has 2 nitrogen and oxygen atoms in total. The van der Waals surface area contributed by atoms with Gasteiger partial charge in [0.2, 0.25) is 0 Å². The van der Waals surface area contributed by atoms with Crippen molar-refractivity contribution < 1.29 is 0 Å². The number of fused-ring (bicyclic) bond motifs is 2. The Kier molecular flexibility index (Phi) is 1.58. The molecule has 2 aliphatic rings. The van der Waals surface area contributed by atoms with Crippen molar-refractivity contribution in [2.75, 3.05) is 0 Å². The first-order valence-corrected chi connectivity index (χ1v) is 5.26. The van der Waals surface area contributed by atoms with E-state index in [4.69, 9.17) is 0 Å². The molecule has 74 valence electrons. The van der Waals surface area contributed by atoms with E-state index in [1.807, 2.05) is 0 Å².